The van der Waals surface area contributed by atoms with Crippen molar-refractivity contribution in [3.05, 3.63) is 12.3 Å². The lowest BCUT2D eigenvalue weighted by Crippen LogP contribution is -1.86. The summed E-state index contributed by atoms with van der Waals surface area (Å²) in [6.45, 7) is 0. The summed E-state index contributed by atoms with van der Waals surface area (Å²) >= 11 is 0. The lowest BCUT2D eigenvalue weighted by molar-refractivity contribution is 0.333. The molecule has 4 nitrogen and oxygen atoms in total. The minimum atomic E-state index is -4.69. The Bertz CT molecular complexity index is 276. The normalized spacial score (nSPS) is 11.7. The van der Waals surface area contributed by atoms with E-state index in [2.05, 4.69) is 9.68 Å². The zero-order valence-corrected chi connectivity index (χ0v) is 4.93. The van der Waals surface area contributed by atoms with Gasteiger partial charge in [-0.05, 0) is 0 Å². The van der Waals surface area contributed by atoms with Gasteiger partial charge >= 0.3 is 10.2 Å². The van der Waals surface area contributed by atoms with Crippen LogP contribution in [0.25, 0.3) is 0 Å². The summed E-state index contributed by atoms with van der Waals surface area (Å²) in [5.74, 6) is 0. The Hall–Kier alpha value is -0.910. The maximum Gasteiger partial charge on any atom is 0.368 e. The summed E-state index contributed by atoms with van der Waals surface area (Å²) in [6.07, 6.45) is 1.05. The molecule has 0 aliphatic heterocycles. The fourth-order valence-corrected chi connectivity index (χ4v) is 0.685. The molecule has 0 fully saturated rings. The first-order chi connectivity index (χ1) is 4.11. The topological polar surface area (TPSA) is 60.2 Å². The monoisotopic (exact) mass is 151 g/mol. The van der Waals surface area contributed by atoms with Gasteiger partial charge in [0, 0.05) is 6.07 Å². The predicted molar refractivity (Wildman–Crippen MR) is 24.8 cm³/mol. The molecule has 1 heterocycles. The van der Waals surface area contributed by atoms with Crippen LogP contribution in [0.2, 0.25) is 0 Å². The van der Waals surface area contributed by atoms with Gasteiger partial charge in [-0.15, -0.1) is 0 Å². The van der Waals surface area contributed by atoms with E-state index in [0.29, 0.717) is 0 Å². The van der Waals surface area contributed by atoms with E-state index in [-0.39, 0.29) is 0 Å². The van der Waals surface area contributed by atoms with Gasteiger partial charge < -0.3 is 4.52 Å². The molecule has 0 amide bonds. The first-order valence-electron chi connectivity index (χ1n) is 1.96. The minimum absolute atomic E-state index is 0.762. The van der Waals surface area contributed by atoms with Gasteiger partial charge in [-0.3, -0.25) is 0 Å². The lowest BCUT2D eigenvalue weighted by Gasteiger charge is -1.79. The summed E-state index contributed by atoms with van der Waals surface area (Å²) in [7, 11) is -4.69. The first-order valence-corrected chi connectivity index (χ1v) is 3.34. The summed E-state index contributed by atoms with van der Waals surface area (Å²) in [4.78, 5) is 0. The van der Waals surface area contributed by atoms with Crippen LogP contribution in [0.15, 0.2) is 21.9 Å². The molecule has 1 aromatic rings. The Balaban J connectivity index is 3.20. The van der Waals surface area contributed by atoms with E-state index >= 15 is 0 Å². The van der Waals surface area contributed by atoms with Crippen LogP contribution in [0.3, 0.4) is 0 Å². The van der Waals surface area contributed by atoms with Crippen molar-refractivity contribution in [2.45, 2.75) is 5.09 Å². The second-order valence-corrected chi connectivity index (χ2v) is 2.55. The van der Waals surface area contributed by atoms with Crippen molar-refractivity contribution in [2.75, 3.05) is 0 Å². The highest BCUT2D eigenvalue weighted by Gasteiger charge is 2.15. The van der Waals surface area contributed by atoms with Gasteiger partial charge in [0.15, 0.2) is 0 Å². The Morgan fingerprint density at radius 3 is 2.56 bits per heavy atom. The Labute approximate surface area is 50.5 Å². The largest absolute Gasteiger partial charge is 0.368 e. The van der Waals surface area contributed by atoms with Crippen molar-refractivity contribution in [1.82, 2.24) is 5.16 Å². The lowest BCUT2D eigenvalue weighted by atomic mass is 10.8. The van der Waals surface area contributed by atoms with E-state index in [4.69, 9.17) is 0 Å². The van der Waals surface area contributed by atoms with Crippen LogP contribution in [0, 0.1) is 0 Å². The van der Waals surface area contributed by atoms with Crippen LogP contribution in [0.1, 0.15) is 0 Å². The molecule has 6 heteroatoms. The van der Waals surface area contributed by atoms with E-state index in [1.165, 1.54) is 0 Å². The van der Waals surface area contributed by atoms with Gasteiger partial charge in [-0.1, -0.05) is 9.04 Å². The second-order valence-electron chi connectivity index (χ2n) is 1.27. The molecule has 0 N–H and O–H groups in total. The molecule has 0 saturated heterocycles. The van der Waals surface area contributed by atoms with Crippen molar-refractivity contribution < 1.29 is 16.8 Å². The third-order valence-corrected chi connectivity index (χ3v) is 1.35. The summed E-state index contributed by atoms with van der Waals surface area (Å²) in [5.41, 5.74) is 0. The molecule has 0 aliphatic carbocycles. The van der Waals surface area contributed by atoms with Crippen LogP contribution in [-0.4, -0.2) is 13.6 Å². The smallest absolute Gasteiger partial charge is 0.342 e. The van der Waals surface area contributed by atoms with Crippen molar-refractivity contribution in [3.8, 4) is 0 Å². The fourth-order valence-electron chi connectivity index (χ4n) is 0.330. The van der Waals surface area contributed by atoms with Crippen molar-refractivity contribution in [1.29, 1.82) is 0 Å². The zero-order chi connectivity index (χ0) is 6.91. The van der Waals surface area contributed by atoms with E-state index < -0.39 is 15.3 Å². The van der Waals surface area contributed by atoms with E-state index in [1.54, 1.807) is 0 Å². The minimum Gasteiger partial charge on any atom is -0.342 e. The van der Waals surface area contributed by atoms with Crippen molar-refractivity contribution >= 4 is 10.2 Å². The number of hydrogen-bond acceptors (Lipinski definition) is 4. The molecule has 1 aromatic heterocycles. The average molecular weight is 151 g/mol. The van der Waals surface area contributed by atoms with Crippen LogP contribution >= 0.6 is 0 Å². The average Bonchev–Trinajstić information content (AvgIpc) is 2.08. The van der Waals surface area contributed by atoms with E-state index in [1.807, 2.05) is 0 Å². The van der Waals surface area contributed by atoms with Crippen LogP contribution in [-0.2, 0) is 10.2 Å². The summed E-state index contributed by atoms with van der Waals surface area (Å²) in [6, 6.07) is 0.926. The molecule has 1 rings (SSSR count). The van der Waals surface area contributed by atoms with Gasteiger partial charge in [0.2, 0.25) is 0 Å². The second kappa shape index (κ2) is 1.80. The van der Waals surface area contributed by atoms with Crippen molar-refractivity contribution in [2.24, 2.45) is 0 Å². The molecule has 50 valence electrons. The highest BCUT2D eigenvalue weighted by molar-refractivity contribution is 7.86. The SMILES string of the molecule is O=S(=O)(F)c1ccno1. The molecule has 0 aromatic carbocycles. The van der Waals surface area contributed by atoms with Gasteiger partial charge in [-0.2, -0.15) is 8.42 Å². The van der Waals surface area contributed by atoms with Gasteiger partial charge in [0.25, 0.3) is 5.09 Å². The third kappa shape index (κ3) is 1.26. The Kier molecular flexibility index (Phi) is 1.24. The molecule has 0 radical (unpaired) electrons. The maximum absolute atomic E-state index is 11.8. The molecular weight excluding hydrogens is 149 g/mol. The number of aromatic nitrogens is 1. The summed E-state index contributed by atoms with van der Waals surface area (Å²) in [5, 5.41) is 2.23. The predicted octanol–water partition coefficient (Wildman–Crippen LogP) is 0.333. The van der Waals surface area contributed by atoms with Crippen LogP contribution < -0.4 is 0 Å². The zero-order valence-electron chi connectivity index (χ0n) is 4.11. The molecule has 0 saturated carbocycles. The highest BCUT2D eigenvalue weighted by Crippen LogP contribution is 2.08. The van der Waals surface area contributed by atoms with E-state index in [0.717, 1.165) is 12.3 Å². The number of halogens is 1. The number of rotatable bonds is 1. The Morgan fingerprint density at radius 2 is 2.33 bits per heavy atom. The van der Waals surface area contributed by atoms with Gasteiger partial charge in [0.05, 0.1) is 6.20 Å². The molecule has 0 atom stereocenters. The molecule has 0 bridgehead atoms. The third-order valence-electron chi connectivity index (χ3n) is 0.654. The molecule has 0 unspecified atom stereocenters. The van der Waals surface area contributed by atoms with Gasteiger partial charge in [-0.25, -0.2) is 0 Å². The quantitative estimate of drug-likeness (QED) is 0.543. The van der Waals surface area contributed by atoms with Crippen LogP contribution in [0.4, 0.5) is 3.89 Å². The first kappa shape index (κ1) is 6.21. The molecule has 9 heavy (non-hydrogen) atoms. The molecule has 0 spiro atoms. The summed E-state index contributed by atoms with van der Waals surface area (Å²) < 4.78 is 35.6. The number of nitrogens with zero attached hydrogens (tertiary/aromatic N) is 1. The molecule has 0 aliphatic rings. The number of hydrogen-bond donors (Lipinski definition) is 0. The Morgan fingerprint density at radius 1 is 1.67 bits per heavy atom. The van der Waals surface area contributed by atoms with Crippen LogP contribution in [0.5, 0.6) is 0 Å². The maximum atomic E-state index is 11.8. The standard InChI is InChI=1S/C3H2FNO3S/c4-9(6,7)3-1-2-5-8-3/h1-2H. The van der Waals surface area contributed by atoms with Crippen molar-refractivity contribution in [3.63, 3.8) is 0 Å². The molecular formula is C3H2FNO3S. The van der Waals surface area contributed by atoms with Gasteiger partial charge in [0.1, 0.15) is 0 Å². The van der Waals surface area contributed by atoms with E-state index in [9.17, 15) is 12.3 Å². The highest BCUT2D eigenvalue weighted by atomic mass is 32.3. The fraction of sp³-hybridized carbons (Fsp3) is 0.